The molecule has 0 heterocycles. The standard InChI is InChI=1S/C25H19BrN2O2/c26-24-14-4-3-13-23(24)25(29)28-27-16-18-7-5-11-21(15-18)30-17-20-10-6-9-19-8-1-2-12-22(19)20/h1-16H,17H2,(H,28,29)/b27-16+. The minimum Gasteiger partial charge on any atom is -0.489 e. The Morgan fingerprint density at radius 1 is 0.933 bits per heavy atom. The first-order valence-electron chi connectivity index (χ1n) is 9.48. The van der Waals surface area contributed by atoms with Gasteiger partial charge in [0.2, 0.25) is 0 Å². The fraction of sp³-hybridized carbons (Fsp3) is 0.0400. The molecule has 0 aliphatic carbocycles. The normalized spacial score (nSPS) is 11.0. The van der Waals surface area contributed by atoms with Gasteiger partial charge in [-0.1, -0.05) is 66.7 Å². The molecule has 0 fully saturated rings. The molecule has 148 valence electrons. The Hall–Kier alpha value is -3.44. The summed E-state index contributed by atoms with van der Waals surface area (Å²) in [5.74, 6) is 0.464. The average Bonchev–Trinajstić information content (AvgIpc) is 2.78. The van der Waals surface area contributed by atoms with Crippen molar-refractivity contribution < 1.29 is 9.53 Å². The van der Waals surface area contributed by atoms with Crippen molar-refractivity contribution in [3.8, 4) is 5.75 Å². The molecule has 1 N–H and O–H groups in total. The molecule has 4 aromatic rings. The van der Waals surface area contributed by atoms with Gasteiger partial charge in [-0.15, -0.1) is 0 Å². The number of benzene rings is 4. The van der Waals surface area contributed by atoms with Gasteiger partial charge < -0.3 is 4.74 Å². The number of ether oxygens (including phenoxy) is 1. The topological polar surface area (TPSA) is 50.7 Å². The molecule has 0 aromatic heterocycles. The highest BCUT2D eigenvalue weighted by molar-refractivity contribution is 9.10. The zero-order valence-corrected chi connectivity index (χ0v) is 17.7. The first-order chi connectivity index (χ1) is 14.7. The van der Waals surface area contributed by atoms with Gasteiger partial charge >= 0.3 is 0 Å². The minimum absolute atomic E-state index is 0.276. The molecule has 0 bridgehead atoms. The monoisotopic (exact) mass is 458 g/mol. The number of nitrogens with one attached hydrogen (secondary N) is 1. The number of hydrazone groups is 1. The Labute approximate surface area is 183 Å². The number of fused-ring (bicyclic) bond motifs is 1. The molecule has 0 aliphatic heterocycles. The zero-order chi connectivity index (χ0) is 20.8. The van der Waals surface area contributed by atoms with Gasteiger partial charge in [-0.25, -0.2) is 5.43 Å². The Morgan fingerprint density at radius 3 is 2.60 bits per heavy atom. The molecule has 1 amide bonds. The molecule has 0 radical (unpaired) electrons. The third-order valence-electron chi connectivity index (χ3n) is 4.63. The van der Waals surface area contributed by atoms with Crippen molar-refractivity contribution in [3.05, 3.63) is 112 Å². The van der Waals surface area contributed by atoms with Gasteiger partial charge in [0.1, 0.15) is 12.4 Å². The third kappa shape index (κ3) is 4.75. The summed E-state index contributed by atoms with van der Waals surface area (Å²) in [4.78, 5) is 12.2. The van der Waals surface area contributed by atoms with Crippen LogP contribution in [0.5, 0.6) is 5.75 Å². The fourth-order valence-electron chi connectivity index (χ4n) is 3.14. The van der Waals surface area contributed by atoms with Crippen LogP contribution in [0.1, 0.15) is 21.5 Å². The lowest BCUT2D eigenvalue weighted by Gasteiger charge is -2.09. The molecular weight excluding hydrogens is 440 g/mol. The number of halogens is 1. The summed E-state index contributed by atoms with van der Waals surface area (Å²) < 4.78 is 6.72. The number of carbonyl (C=O) groups is 1. The summed E-state index contributed by atoms with van der Waals surface area (Å²) in [5.41, 5.74) is 5.04. The second-order valence-corrected chi connectivity index (χ2v) is 7.53. The maximum atomic E-state index is 12.2. The van der Waals surface area contributed by atoms with Crippen LogP contribution in [0.4, 0.5) is 0 Å². The molecule has 0 saturated heterocycles. The van der Waals surface area contributed by atoms with E-state index < -0.39 is 0 Å². The third-order valence-corrected chi connectivity index (χ3v) is 5.32. The van der Waals surface area contributed by atoms with E-state index in [-0.39, 0.29) is 5.91 Å². The number of nitrogens with zero attached hydrogens (tertiary/aromatic N) is 1. The first-order valence-corrected chi connectivity index (χ1v) is 10.3. The van der Waals surface area contributed by atoms with Crippen molar-refractivity contribution in [1.29, 1.82) is 0 Å². The van der Waals surface area contributed by atoms with Crippen LogP contribution in [0.3, 0.4) is 0 Å². The van der Waals surface area contributed by atoms with Crippen molar-refractivity contribution in [1.82, 2.24) is 5.43 Å². The van der Waals surface area contributed by atoms with E-state index in [1.807, 2.05) is 54.6 Å². The van der Waals surface area contributed by atoms with Crippen molar-refractivity contribution in [2.24, 2.45) is 5.10 Å². The second-order valence-electron chi connectivity index (χ2n) is 6.68. The molecule has 0 atom stereocenters. The number of hydrogen-bond acceptors (Lipinski definition) is 3. The Kier molecular flexibility index (Phi) is 6.20. The maximum Gasteiger partial charge on any atom is 0.272 e. The van der Waals surface area contributed by atoms with Gasteiger partial charge in [-0.2, -0.15) is 5.10 Å². The molecule has 0 unspecified atom stereocenters. The van der Waals surface area contributed by atoms with E-state index in [9.17, 15) is 4.79 Å². The first kappa shape index (κ1) is 19.9. The summed E-state index contributed by atoms with van der Waals surface area (Å²) in [5, 5.41) is 6.44. The SMILES string of the molecule is O=C(N/N=C/c1cccc(OCc2cccc3ccccc23)c1)c1ccccc1Br. The highest BCUT2D eigenvalue weighted by atomic mass is 79.9. The largest absolute Gasteiger partial charge is 0.489 e. The fourth-order valence-corrected chi connectivity index (χ4v) is 3.60. The minimum atomic E-state index is -0.276. The molecule has 30 heavy (non-hydrogen) atoms. The van der Waals surface area contributed by atoms with Gasteiger partial charge in [-0.05, 0) is 62.1 Å². The summed E-state index contributed by atoms with van der Waals surface area (Å²) in [6.45, 7) is 0.473. The van der Waals surface area contributed by atoms with Crippen LogP contribution in [-0.2, 0) is 6.61 Å². The van der Waals surface area contributed by atoms with Crippen molar-refractivity contribution in [3.63, 3.8) is 0 Å². The van der Waals surface area contributed by atoms with Gasteiger partial charge in [-0.3, -0.25) is 4.79 Å². The van der Waals surface area contributed by atoms with Crippen LogP contribution in [0, 0.1) is 0 Å². The van der Waals surface area contributed by atoms with Gasteiger partial charge in [0.25, 0.3) is 5.91 Å². The van der Waals surface area contributed by atoms with Crippen LogP contribution < -0.4 is 10.2 Å². The highest BCUT2D eigenvalue weighted by Gasteiger charge is 2.07. The molecule has 4 rings (SSSR count). The number of hydrogen-bond donors (Lipinski definition) is 1. The predicted molar refractivity (Wildman–Crippen MR) is 124 cm³/mol. The Bertz CT molecular complexity index is 1220. The lowest BCUT2D eigenvalue weighted by molar-refractivity contribution is 0.0954. The van der Waals surface area contributed by atoms with E-state index in [2.05, 4.69) is 50.7 Å². The summed E-state index contributed by atoms with van der Waals surface area (Å²) in [7, 11) is 0. The van der Waals surface area contributed by atoms with Crippen molar-refractivity contribution in [2.75, 3.05) is 0 Å². The zero-order valence-electron chi connectivity index (χ0n) is 16.1. The van der Waals surface area contributed by atoms with E-state index in [4.69, 9.17) is 4.74 Å². The second kappa shape index (κ2) is 9.37. The van der Waals surface area contributed by atoms with Gasteiger partial charge in [0.15, 0.2) is 0 Å². The van der Waals surface area contributed by atoms with Crippen molar-refractivity contribution >= 4 is 38.8 Å². The molecule has 4 nitrogen and oxygen atoms in total. The van der Waals surface area contributed by atoms with E-state index in [0.717, 1.165) is 21.3 Å². The van der Waals surface area contributed by atoms with Crippen LogP contribution >= 0.6 is 15.9 Å². The van der Waals surface area contributed by atoms with E-state index in [1.54, 1.807) is 18.3 Å². The molecular formula is C25H19BrN2O2. The van der Waals surface area contributed by atoms with Crippen LogP contribution in [-0.4, -0.2) is 12.1 Å². The maximum absolute atomic E-state index is 12.2. The predicted octanol–water partition coefficient (Wildman–Crippen LogP) is 5.95. The molecule has 4 aromatic carbocycles. The number of carbonyl (C=O) groups excluding carboxylic acids is 1. The van der Waals surface area contributed by atoms with Crippen LogP contribution in [0.15, 0.2) is 101 Å². The Balaban J connectivity index is 1.41. The molecule has 0 spiro atoms. The van der Waals surface area contributed by atoms with E-state index in [1.165, 1.54) is 10.8 Å². The molecule has 5 heteroatoms. The van der Waals surface area contributed by atoms with Gasteiger partial charge in [0, 0.05) is 4.47 Å². The van der Waals surface area contributed by atoms with Crippen LogP contribution in [0.25, 0.3) is 10.8 Å². The van der Waals surface area contributed by atoms with Crippen molar-refractivity contribution in [2.45, 2.75) is 6.61 Å². The summed E-state index contributed by atoms with van der Waals surface area (Å²) in [6, 6.07) is 29.3. The summed E-state index contributed by atoms with van der Waals surface area (Å²) in [6.07, 6.45) is 1.60. The smallest absolute Gasteiger partial charge is 0.272 e. The molecule has 0 aliphatic rings. The highest BCUT2D eigenvalue weighted by Crippen LogP contribution is 2.21. The quantitative estimate of drug-likeness (QED) is 0.286. The lowest BCUT2D eigenvalue weighted by atomic mass is 10.1. The van der Waals surface area contributed by atoms with E-state index in [0.29, 0.717) is 12.2 Å². The number of amides is 1. The summed E-state index contributed by atoms with van der Waals surface area (Å²) >= 11 is 3.37. The van der Waals surface area contributed by atoms with E-state index >= 15 is 0 Å². The lowest BCUT2D eigenvalue weighted by Crippen LogP contribution is -2.18. The average molecular weight is 459 g/mol. The Morgan fingerprint density at radius 2 is 1.70 bits per heavy atom. The molecule has 0 saturated carbocycles. The number of rotatable bonds is 6. The van der Waals surface area contributed by atoms with Gasteiger partial charge in [0.05, 0.1) is 11.8 Å². The van der Waals surface area contributed by atoms with Crippen LogP contribution in [0.2, 0.25) is 0 Å².